The van der Waals surface area contributed by atoms with Crippen molar-refractivity contribution in [2.45, 2.75) is 13.3 Å². The van der Waals surface area contributed by atoms with Crippen LogP contribution in [0.25, 0.3) is 10.6 Å². The van der Waals surface area contributed by atoms with E-state index < -0.39 is 0 Å². The third-order valence-corrected chi connectivity index (χ3v) is 6.89. The van der Waals surface area contributed by atoms with Gasteiger partial charge in [0.1, 0.15) is 10.8 Å². The molecule has 1 saturated heterocycles. The first-order valence-corrected chi connectivity index (χ1v) is 9.74. The molecule has 2 bridgehead atoms. The number of rotatable bonds is 2. The lowest BCUT2D eigenvalue weighted by atomic mass is 9.86. The molecular formula is C19H19FN4OS. The fourth-order valence-electron chi connectivity index (χ4n) is 4.70. The lowest BCUT2D eigenvalue weighted by Gasteiger charge is -2.18. The van der Waals surface area contributed by atoms with Crippen molar-refractivity contribution >= 4 is 22.5 Å². The minimum absolute atomic E-state index is 0.113. The summed E-state index contributed by atoms with van der Waals surface area (Å²) < 4.78 is 13.5. The zero-order chi connectivity index (χ0) is 17.8. The summed E-state index contributed by atoms with van der Waals surface area (Å²) in [5.74, 6) is 2.20. The molecule has 1 aliphatic heterocycles. The number of fused-ring (bicyclic) bond motifs is 5. The number of nitrogens with zero attached hydrogens (tertiary/aromatic N) is 3. The predicted octanol–water partition coefficient (Wildman–Crippen LogP) is 3.94. The van der Waals surface area contributed by atoms with Gasteiger partial charge in [-0.15, -0.1) is 10.2 Å². The van der Waals surface area contributed by atoms with Crippen molar-refractivity contribution in [1.29, 1.82) is 0 Å². The van der Waals surface area contributed by atoms with Crippen LogP contribution < -0.4 is 5.32 Å². The standard InChI is InChI=1S/C19H19FN4OS/c1-10-2-5-13(20)7-14(10)17-22-23-18(26-17)21-19(25)24-8-15-11-3-4-12(6-11)16(15)9-24/h2-5,7,11-12,15-16H,6,8-9H2,1H3,(H,21,23,25)/t11?,12?,15-,16+. The van der Waals surface area contributed by atoms with Crippen molar-refractivity contribution in [2.75, 3.05) is 18.4 Å². The highest BCUT2D eigenvalue weighted by Crippen LogP contribution is 2.51. The van der Waals surface area contributed by atoms with Gasteiger partial charge in [0.05, 0.1) is 0 Å². The van der Waals surface area contributed by atoms with E-state index in [0.717, 1.165) is 18.7 Å². The van der Waals surface area contributed by atoms with E-state index in [1.807, 2.05) is 11.8 Å². The third kappa shape index (κ3) is 2.53. The number of nitrogens with one attached hydrogen (secondary N) is 1. The molecule has 3 aliphatic rings. The van der Waals surface area contributed by atoms with Crippen LogP contribution in [0, 0.1) is 36.4 Å². The Morgan fingerprint density at radius 1 is 1.23 bits per heavy atom. The van der Waals surface area contributed by atoms with Crippen LogP contribution >= 0.6 is 11.3 Å². The summed E-state index contributed by atoms with van der Waals surface area (Å²) in [6.07, 6.45) is 5.91. The second kappa shape index (κ2) is 5.87. The van der Waals surface area contributed by atoms with Crippen LogP contribution in [0.5, 0.6) is 0 Å². The second-order valence-corrected chi connectivity index (χ2v) is 8.46. The van der Waals surface area contributed by atoms with Gasteiger partial charge in [-0.2, -0.15) is 0 Å². The molecule has 2 heterocycles. The monoisotopic (exact) mass is 370 g/mol. The number of halogens is 1. The number of amides is 2. The van der Waals surface area contributed by atoms with Crippen molar-refractivity contribution in [3.63, 3.8) is 0 Å². The molecule has 5 rings (SSSR count). The molecule has 4 atom stereocenters. The summed E-state index contributed by atoms with van der Waals surface area (Å²) in [4.78, 5) is 14.5. The predicted molar refractivity (Wildman–Crippen MR) is 98.3 cm³/mol. The molecular weight excluding hydrogens is 351 g/mol. The van der Waals surface area contributed by atoms with Gasteiger partial charge in [-0.05, 0) is 54.7 Å². The quantitative estimate of drug-likeness (QED) is 0.815. The maximum atomic E-state index is 13.5. The highest BCUT2D eigenvalue weighted by atomic mass is 32.1. The zero-order valence-electron chi connectivity index (χ0n) is 14.4. The van der Waals surface area contributed by atoms with Crippen molar-refractivity contribution in [3.05, 3.63) is 41.7 Å². The summed E-state index contributed by atoms with van der Waals surface area (Å²) >= 11 is 1.27. The number of carbonyl (C=O) groups excluding carboxylic acids is 1. The summed E-state index contributed by atoms with van der Waals surface area (Å²) in [5, 5.41) is 12.1. The summed E-state index contributed by atoms with van der Waals surface area (Å²) in [5.41, 5.74) is 1.64. The molecule has 1 aromatic carbocycles. The number of benzene rings is 1. The first-order valence-electron chi connectivity index (χ1n) is 8.93. The molecule has 2 amide bonds. The van der Waals surface area contributed by atoms with Gasteiger partial charge in [-0.1, -0.05) is 29.6 Å². The zero-order valence-corrected chi connectivity index (χ0v) is 15.2. The Morgan fingerprint density at radius 2 is 1.96 bits per heavy atom. The summed E-state index contributed by atoms with van der Waals surface area (Å²) in [6.45, 7) is 3.53. The molecule has 2 aromatic rings. The highest BCUT2D eigenvalue weighted by Gasteiger charge is 2.50. The fraction of sp³-hybridized carbons (Fsp3) is 0.421. The minimum Gasteiger partial charge on any atom is -0.324 e. The van der Waals surface area contributed by atoms with Crippen molar-refractivity contribution in [1.82, 2.24) is 15.1 Å². The largest absolute Gasteiger partial charge is 0.324 e. The highest BCUT2D eigenvalue weighted by molar-refractivity contribution is 7.18. The average Bonchev–Trinajstić information content (AvgIpc) is 3.38. The normalized spacial score (nSPS) is 28.6. The van der Waals surface area contributed by atoms with Gasteiger partial charge in [0.25, 0.3) is 0 Å². The van der Waals surface area contributed by atoms with Crippen LogP contribution in [0.1, 0.15) is 12.0 Å². The Morgan fingerprint density at radius 3 is 2.69 bits per heavy atom. The number of allylic oxidation sites excluding steroid dienone is 2. The van der Waals surface area contributed by atoms with E-state index in [1.54, 1.807) is 6.07 Å². The van der Waals surface area contributed by atoms with Gasteiger partial charge in [-0.3, -0.25) is 5.32 Å². The van der Waals surface area contributed by atoms with E-state index in [4.69, 9.17) is 0 Å². The number of anilines is 1. The Labute approximate surface area is 154 Å². The van der Waals surface area contributed by atoms with Crippen LogP contribution in [0.4, 0.5) is 14.3 Å². The third-order valence-electron chi connectivity index (χ3n) is 6.02. The molecule has 1 aromatic heterocycles. The number of aryl methyl sites for hydroxylation is 1. The number of likely N-dealkylation sites (tertiary alicyclic amines) is 1. The van der Waals surface area contributed by atoms with Crippen molar-refractivity contribution in [2.24, 2.45) is 23.7 Å². The molecule has 2 aliphatic carbocycles. The molecule has 1 N–H and O–H groups in total. The Hall–Kier alpha value is -2.28. The van der Waals surface area contributed by atoms with Gasteiger partial charge in [0, 0.05) is 18.7 Å². The number of carbonyl (C=O) groups is 1. The Kier molecular flexibility index (Phi) is 3.60. The van der Waals surface area contributed by atoms with Crippen molar-refractivity contribution < 1.29 is 9.18 Å². The first kappa shape index (κ1) is 15.9. The molecule has 0 radical (unpaired) electrons. The van der Waals surface area contributed by atoms with Crippen LogP contribution in [0.15, 0.2) is 30.4 Å². The molecule has 0 spiro atoms. The van der Waals surface area contributed by atoms with Crippen molar-refractivity contribution in [3.8, 4) is 10.6 Å². The minimum atomic E-state index is -0.307. The lowest BCUT2D eigenvalue weighted by Crippen LogP contribution is -2.34. The number of urea groups is 1. The maximum absolute atomic E-state index is 13.5. The maximum Gasteiger partial charge on any atom is 0.323 e. The molecule has 26 heavy (non-hydrogen) atoms. The van der Waals surface area contributed by atoms with Gasteiger partial charge in [0.15, 0.2) is 0 Å². The number of hydrogen-bond donors (Lipinski definition) is 1. The van der Waals surface area contributed by atoms with Crippen LogP contribution in [0.3, 0.4) is 0 Å². The summed E-state index contributed by atoms with van der Waals surface area (Å²) in [7, 11) is 0. The smallest absolute Gasteiger partial charge is 0.323 e. The average molecular weight is 370 g/mol. The number of hydrogen-bond acceptors (Lipinski definition) is 4. The Balaban J connectivity index is 1.28. The molecule has 7 heteroatoms. The SMILES string of the molecule is Cc1ccc(F)cc1-c1nnc(NC(=O)N2C[C@@H]3C4C=CC(C4)[C@@H]3C2)s1. The van der Waals surface area contributed by atoms with Crippen LogP contribution in [-0.2, 0) is 0 Å². The van der Waals surface area contributed by atoms with E-state index in [0.29, 0.717) is 39.4 Å². The van der Waals surface area contributed by atoms with Gasteiger partial charge in [0.2, 0.25) is 5.13 Å². The molecule has 2 unspecified atom stereocenters. The van der Waals surface area contributed by atoms with E-state index >= 15 is 0 Å². The molecule has 134 valence electrons. The lowest BCUT2D eigenvalue weighted by molar-refractivity contribution is 0.217. The van der Waals surface area contributed by atoms with Gasteiger partial charge in [-0.25, -0.2) is 9.18 Å². The first-order chi connectivity index (χ1) is 12.6. The molecule has 2 fully saturated rings. The second-order valence-electron chi connectivity index (χ2n) is 7.48. The van der Waals surface area contributed by atoms with Gasteiger partial charge >= 0.3 is 6.03 Å². The molecule has 1 saturated carbocycles. The number of aromatic nitrogens is 2. The van der Waals surface area contributed by atoms with E-state index in [1.165, 1.54) is 29.9 Å². The summed E-state index contributed by atoms with van der Waals surface area (Å²) in [6, 6.07) is 4.48. The van der Waals surface area contributed by atoms with E-state index in [-0.39, 0.29) is 11.8 Å². The van der Waals surface area contributed by atoms with E-state index in [2.05, 4.69) is 27.7 Å². The fourth-order valence-corrected chi connectivity index (χ4v) is 5.51. The Bertz CT molecular complexity index is 891. The van der Waals surface area contributed by atoms with Crippen LogP contribution in [0.2, 0.25) is 0 Å². The topological polar surface area (TPSA) is 58.1 Å². The van der Waals surface area contributed by atoms with Gasteiger partial charge < -0.3 is 4.90 Å². The van der Waals surface area contributed by atoms with Crippen LogP contribution in [-0.4, -0.2) is 34.2 Å². The van der Waals surface area contributed by atoms with E-state index in [9.17, 15) is 9.18 Å². The molecule has 5 nitrogen and oxygen atoms in total.